The second-order valence-electron chi connectivity index (χ2n) is 4.22. The third kappa shape index (κ3) is 2.40. The molecular weight excluding hydrogens is 220 g/mol. The molecule has 1 fully saturated rings. The highest BCUT2D eigenvalue weighted by Gasteiger charge is 2.41. The van der Waals surface area contributed by atoms with E-state index in [1.54, 1.807) is 0 Å². The summed E-state index contributed by atoms with van der Waals surface area (Å²) in [5.74, 6) is 1.61. The van der Waals surface area contributed by atoms with E-state index in [9.17, 15) is 0 Å². The van der Waals surface area contributed by atoms with Gasteiger partial charge < -0.3 is 10.6 Å². The topological polar surface area (TPSA) is 49.8 Å². The van der Waals surface area contributed by atoms with E-state index in [2.05, 4.69) is 26.9 Å². The Kier molecular flexibility index (Phi) is 3.23. The first-order valence-electron chi connectivity index (χ1n) is 5.49. The average molecular weight is 238 g/mol. The number of thioether (sulfide) groups is 1. The molecule has 16 heavy (non-hydrogen) atoms. The number of aromatic nitrogens is 2. The predicted molar refractivity (Wildman–Crippen MR) is 70.3 cm³/mol. The highest BCUT2D eigenvalue weighted by atomic mass is 32.2. The van der Waals surface area contributed by atoms with Crippen molar-refractivity contribution in [3.05, 3.63) is 11.8 Å². The summed E-state index contributed by atoms with van der Waals surface area (Å²) in [4.78, 5) is 8.58. The van der Waals surface area contributed by atoms with E-state index in [1.165, 1.54) is 12.8 Å². The summed E-state index contributed by atoms with van der Waals surface area (Å²) < 4.78 is 0.456. The van der Waals surface area contributed by atoms with Gasteiger partial charge in [0, 0.05) is 30.1 Å². The molecule has 0 unspecified atom stereocenters. The highest BCUT2D eigenvalue weighted by molar-refractivity contribution is 8.00. The van der Waals surface area contributed by atoms with Crippen molar-refractivity contribution in [2.75, 3.05) is 30.5 Å². The van der Waals surface area contributed by atoms with E-state index in [1.807, 2.05) is 31.9 Å². The third-order valence-corrected chi connectivity index (χ3v) is 4.43. The predicted octanol–water partition coefficient (Wildman–Crippen LogP) is 2.13. The number of hydrogen-bond donors (Lipinski definition) is 2. The van der Waals surface area contributed by atoms with Gasteiger partial charge in [-0.25, -0.2) is 4.98 Å². The zero-order valence-corrected chi connectivity index (χ0v) is 10.8. The molecule has 88 valence electrons. The van der Waals surface area contributed by atoms with E-state index in [-0.39, 0.29) is 0 Å². The molecule has 1 aromatic rings. The van der Waals surface area contributed by atoms with Gasteiger partial charge in [0.05, 0.1) is 0 Å². The second-order valence-corrected chi connectivity index (χ2v) is 5.49. The molecular formula is C11H18N4S. The zero-order valence-electron chi connectivity index (χ0n) is 10.0. The van der Waals surface area contributed by atoms with E-state index in [4.69, 9.17) is 0 Å². The van der Waals surface area contributed by atoms with E-state index in [0.29, 0.717) is 10.7 Å². The van der Waals surface area contributed by atoms with Crippen LogP contribution in [0.1, 0.15) is 18.4 Å². The first kappa shape index (κ1) is 11.5. The van der Waals surface area contributed by atoms with Crippen LogP contribution in [-0.4, -0.2) is 34.6 Å². The van der Waals surface area contributed by atoms with Crippen molar-refractivity contribution >= 4 is 23.5 Å². The van der Waals surface area contributed by atoms with Crippen LogP contribution in [0.2, 0.25) is 0 Å². The molecule has 0 aromatic carbocycles. The lowest BCUT2D eigenvalue weighted by atomic mass is 10.3. The van der Waals surface area contributed by atoms with E-state index in [0.717, 1.165) is 17.9 Å². The molecule has 1 aliphatic carbocycles. The van der Waals surface area contributed by atoms with Crippen molar-refractivity contribution in [1.82, 2.24) is 9.97 Å². The summed E-state index contributed by atoms with van der Waals surface area (Å²) in [5, 5.41) is 6.38. The lowest BCUT2D eigenvalue weighted by Crippen LogP contribution is -2.19. The van der Waals surface area contributed by atoms with Gasteiger partial charge >= 0.3 is 0 Å². The van der Waals surface area contributed by atoms with Crippen LogP contribution in [0.4, 0.5) is 11.8 Å². The maximum atomic E-state index is 4.41. The van der Waals surface area contributed by atoms with Crippen molar-refractivity contribution in [3.8, 4) is 0 Å². The Bertz CT molecular complexity index is 376. The van der Waals surface area contributed by atoms with Gasteiger partial charge in [-0.05, 0) is 26.0 Å². The fraction of sp³-hybridized carbons (Fsp3) is 0.636. The van der Waals surface area contributed by atoms with Crippen LogP contribution in [0.25, 0.3) is 0 Å². The molecule has 2 rings (SSSR count). The number of rotatable bonds is 5. The van der Waals surface area contributed by atoms with Gasteiger partial charge in [0.15, 0.2) is 0 Å². The average Bonchev–Trinajstić information content (AvgIpc) is 3.09. The van der Waals surface area contributed by atoms with Crippen molar-refractivity contribution in [2.45, 2.75) is 24.5 Å². The molecule has 0 radical (unpaired) electrons. The molecule has 4 nitrogen and oxygen atoms in total. The fourth-order valence-corrected chi connectivity index (χ4v) is 2.31. The van der Waals surface area contributed by atoms with Crippen LogP contribution < -0.4 is 10.6 Å². The number of hydrogen-bond acceptors (Lipinski definition) is 5. The van der Waals surface area contributed by atoms with Gasteiger partial charge in [-0.1, -0.05) is 0 Å². The Morgan fingerprint density at radius 1 is 1.50 bits per heavy atom. The van der Waals surface area contributed by atoms with Crippen molar-refractivity contribution in [1.29, 1.82) is 0 Å². The molecule has 1 saturated carbocycles. The number of anilines is 2. The summed E-state index contributed by atoms with van der Waals surface area (Å²) in [5.41, 5.74) is 1.09. The summed E-state index contributed by atoms with van der Waals surface area (Å²) in [6.07, 6.45) is 6.65. The molecule has 1 aliphatic rings. The summed E-state index contributed by atoms with van der Waals surface area (Å²) >= 11 is 1.95. The van der Waals surface area contributed by atoms with Gasteiger partial charge in [-0.2, -0.15) is 16.7 Å². The summed E-state index contributed by atoms with van der Waals surface area (Å²) in [6.45, 7) is 3.02. The quantitative estimate of drug-likeness (QED) is 0.823. The van der Waals surface area contributed by atoms with Crippen LogP contribution in [0.5, 0.6) is 0 Å². The Morgan fingerprint density at radius 2 is 2.25 bits per heavy atom. The van der Waals surface area contributed by atoms with Gasteiger partial charge in [0.25, 0.3) is 0 Å². The standard InChI is InChI=1S/C11H18N4S/c1-8-6-13-10(12-2)15-9(8)14-7-11(16-3)4-5-11/h6H,4-5,7H2,1-3H3,(H2,12,13,14,15). The largest absolute Gasteiger partial charge is 0.368 e. The van der Waals surface area contributed by atoms with E-state index < -0.39 is 0 Å². The van der Waals surface area contributed by atoms with Crippen molar-refractivity contribution in [2.24, 2.45) is 0 Å². The van der Waals surface area contributed by atoms with Gasteiger partial charge in [-0.3, -0.25) is 0 Å². The highest BCUT2D eigenvalue weighted by Crippen LogP contribution is 2.47. The smallest absolute Gasteiger partial charge is 0.224 e. The molecule has 0 saturated heterocycles. The van der Waals surface area contributed by atoms with Gasteiger partial charge in [-0.15, -0.1) is 0 Å². The maximum Gasteiger partial charge on any atom is 0.224 e. The third-order valence-electron chi connectivity index (χ3n) is 3.01. The van der Waals surface area contributed by atoms with Crippen LogP contribution >= 0.6 is 11.8 Å². The fourth-order valence-electron chi connectivity index (χ4n) is 1.58. The maximum absolute atomic E-state index is 4.41. The molecule has 0 bridgehead atoms. The Morgan fingerprint density at radius 3 is 2.81 bits per heavy atom. The normalized spacial score (nSPS) is 16.9. The number of aryl methyl sites for hydroxylation is 1. The Labute approximate surface area is 101 Å². The monoisotopic (exact) mass is 238 g/mol. The first-order chi connectivity index (χ1) is 7.69. The minimum absolute atomic E-state index is 0.456. The van der Waals surface area contributed by atoms with Crippen LogP contribution in [0.15, 0.2) is 6.20 Å². The number of nitrogens with one attached hydrogen (secondary N) is 2. The summed E-state index contributed by atoms with van der Waals surface area (Å²) in [6, 6.07) is 0. The van der Waals surface area contributed by atoms with E-state index >= 15 is 0 Å². The van der Waals surface area contributed by atoms with Gasteiger partial charge in [0.2, 0.25) is 5.95 Å². The van der Waals surface area contributed by atoms with Crippen LogP contribution in [-0.2, 0) is 0 Å². The minimum atomic E-state index is 0.456. The zero-order chi connectivity index (χ0) is 11.6. The molecule has 0 amide bonds. The lowest BCUT2D eigenvalue weighted by Gasteiger charge is -2.15. The minimum Gasteiger partial charge on any atom is -0.368 e. The lowest BCUT2D eigenvalue weighted by molar-refractivity contribution is 0.933. The SMILES string of the molecule is CNc1ncc(C)c(NCC2(SC)CC2)n1. The molecule has 1 aromatic heterocycles. The molecule has 0 atom stereocenters. The van der Waals surface area contributed by atoms with Crippen molar-refractivity contribution < 1.29 is 0 Å². The summed E-state index contributed by atoms with van der Waals surface area (Å²) in [7, 11) is 1.83. The second kappa shape index (κ2) is 4.49. The molecule has 0 spiro atoms. The Hall–Kier alpha value is -0.970. The van der Waals surface area contributed by atoms with Gasteiger partial charge in [0.1, 0.15) is 5.82 Å². The molecule has 2 N–H and O–H groups in total. The van der Waals surface area contributed by atoms with Crippen LogP contribution in [0.3, 0.4) is 0 Å². The van der Waals surface area contributed by atoms with Crippen molar-refractivity contribution in [3.63, 3.8) is 0 Å². The molecule has 5 heteroatoms. The first-order valence-corrected chi connectivity index (χ1v) is 6.72. The Balaban J connectivity index is 2.03. The molecule has 0 aliphatic heterocycles. The van der Waals surface area contributed by atoms with Crippen LogP contribution in [0, 0.1) is 6.92 Å². The molecule has 1 heterocycles. The number of nitrogens with zero attached hydrogens (tertiary/aromatic N) is 2.